The largest absolute Gasteiger partial charge is 0.489 e. The zero-order chi connectivity index (χ0) is 18.2. The van der Waals surface area contributed by atoms with Gasteiger partial charge in [-0.1, -0.05) is 66.5 Å². The van der Waals surface area contributed by atoms with E-state index in [0.29, 0.717) is 19.1 Å². The van der Waals surface area contributed by atoms with Crippen molar-refractivity contribution in [2.75, 3.05) is 5.32 Å². The van der Waals surface area contributed by atoms with Crippen LogP contribution in [0.4, 0.5) is 5.95 Å². The van der Waals surface area contributed by atoms with Gasteiger partial charge in [0.2, 0.25) is 5.95 Å². The van der Waals surface area contributed by atoms with Gasteiger partial charge in [-0.2, -0.15) is 0 Å². The van der Waals surface area contributed by atoms with Gasteiger partial charge in [0.25, 0.3) is 0 Å². The van der Waals surface area contributed by atoms with Crippen molar-refractivity contribution in [2.24, 2.45) is 0 Å². The number of benzene rings is 2. The monoisotopic (exact) mass is 351 g/mol. The molecule has 0 bridgehead atoms. The molecule has 6 nitrogen and oxygen atoms in total. The highest BCUT2D eigenvalue weighted by molar-refractivity contribution is 5.37. The Balaban J connectivity index is 1.63. The molecule has 0 saturated heterocycles. The molecule has 0 aliphatic carbocycles. The average Bonchev–Trinajstić information content (AvgIpc) is 3.11. The van der Waals surface area contributed by atoms with Crippen molar-refractivity contribution in [3.05, 3.63) is 65.2 Å². The first-order valence-corrected chi connectivity index (χ1v) is 9.02. The SMILES string of the molecule is CCCCn1nnnc1NCc1ccccc1OCc1cccc(C)c1. The Bertz CT molecular complexity index is 830. The summed E-state index contributed by atoms with van der Waals surface area (Å²) in [5.41, 5.74) is 3.47. The van der Waals surface area contributed by atoms with Gasteiger partial charge in [-0.05, 0) is 35.4 Å². The molecule has 3 rings (SSSR count). The summed E-state index contributed by atoms with van der Waals surface area (Å²) < 4.78 is 7.85. The van der Waals surface area contributed by atoms with E-state index in [2.05, 4.69) is 65.0 Å². The molecule has 3 aromatic rings. The molecule has 0 amide bonds. The number of para-hydroxylation sites is 1. The Kier molecular flexibility index (Phi) is 6.19. The van der Waals surface area contributed by atoms with Gasteiger partial charge in [-0.15, -0.1) is 0 Å². The normalized spacial score (nSPS) is 10.7. The molecule has 0 aliphatic heterocycles. The lowest BCUT2D eigenvalue weighted by Gasteiger charge is -2.13. The van der Waals surface area contributed by atoms with E-state index in [4.69, 9.17) is 4.74 Å². The molecule has 0 radical (unpaired) electrons. The van der Waals surface area contributed by atoms with Crippen LogP contribution in [0.15, 0.2) is 48.5 Å². The molecule has 2 aromatic carbocycles. The van der Waals surface area contributed by atoms with Crippen LogP contribution >= 0.6 is 0 Å². The standard InChI is InChI=1S/C20H25N5O/c1-3-4-12-25-20(22-23-24-25)21-14-18-10-5-6-11-19(18)26-15-17-9-7-8-16(2)13-17/h5-11,13H,3-4,12,14-15H2,1-2H3,(H,21,22,24). The van der Waals surface area contributed by atoms with Crippen LogP contribution in [0.2, 0.25) is 0 Å². The first-order valence-electron chi connectivity index (χ1n) is 9.02. The molecule has 0 saturated carbocycles. The van der Waals surface area contributed by atoms with Gasteiger partial charge >= 0.3 is 0 Å². The molecule has 6 heteroatoms. The van der Waals surface area contributed by atoms with E-state index < -0.39 is 0 Å². The third kappa shape index (κ3) is 4.81. The summed E-state index contributed by atoms with van der Waals surface area (Å²) in [4.78, 5) is 0. The summed E-state index contributed by atoms with van der Waals surface area (Å²) in [6.45, 7) is 6.21. The van der Waals surface area contributed by atoms with E-state index in [0.717, 1.165) is 36.3 Å². The quantitative estimate of drug-likeness (QED) is 0.632. The van der Waals surface area contributed by atoms with Crippen molar-refractivity contribution in [2.45, 2.75) is 46.4 Å². The summed E-state index contributed by atoms with van der Waals surface area (Å²) in [6.07, 6.45) is 2.16. The van der Waals surface area contributed by atoms with Crippen LogP contribution in [-0.2, 0) is 19.7 Å². The molecular formula is C20H25N5O. The van der Waals surface area contributed by atoms with Crippen LogP contribution in [0, 0.1) is 6.92 Å². The number of hydrogen-bond donors (Lipinski definition) is 1. The highest BCUT2D eigenvalue weighted by Gasteiger charge is 2.08. The molecule has 0 fully saturated rings. The Morgan fingerprint density at radius 3 is 2.85 bits per heavy atom. The van der Waals surface area contributed by atoms with Gasteiger partial charge in [0.1, 0.15) is 12.4 Å². The maximum atomic E-state index is 6.04. The van der Waals surface area contributed by atoms with Crippen molar-refractivity contribution in [3.63, 3.8) is 0 Å². The van der Waals surface area contributed by atoms with Crippen LogP contribution in [0.25, 0.3) is 0 Å². The topological polar surface area (TPSA) is 64.9 Å². The lowest BCUT2D eigenvalue weighted by molar-refractivity contribution is 0.303. The number of aromatic nitrogens is 4. The van der Waals surface area contributed by atoms with E-state index >= 15 is 0 Å². The number of anilines is 1. The number of rotatable bonds is 9. The van der Waals surface area contributed by atoms with Crippen molar-refractivity contribution < 1.29 is 4.74 Å². The second-order valence-electron chi connectivity index (χ2n) is 6.32. The smallest absolute Gasteiger partial charge is 0.243 e. The number of tetrazole rings is 1. The van der Waals surface area contributed by atoms with Crippen LogP contribution in [-0.4, -0.2) is 20.2 Å². The van der Waals surface area contributed by atoms with Gasteiger partial charge in [0.15, 0.2) is 0 Å². The lowest BCUT2D eigenvalue weighted by Crippen LogP contribution is -2.10. The average molecular weight is 351 g/mol. The van der Waals surface area contributed by atoms with Crippen LogP contribution in [0.5, 0.6) is 5.75 Å². The van der Waals surface area contributed by atoms with Gasteiger partial charge < -0.3 is 10.1 Å². The van der Waals surface area contributed by atoms with Crippen molar-refractivity contribution >= 4 is 5.95 Å². The number of aryl methyl sites for hydroxylation is 2. The third-order valence-corrected chi connectivity index (χ3v) is 4.14. The van der Waals surface area contributed by atoms with E-state index in [1.807, 2.05) is 18.2 Å². The highest BCUT2D eigenvalue weighted by atomic mass is 16.5. The van der Waals surface area contributed by atoms with E-state index in [9.17, 15) is 0 Å². The third-order valence-electron chi connectivity index (χ3n) is 4.14. The van der Waals surface area contributed by atoms with E-state index in [1.54, 1.807) is 4.68 Å². The fraction of sp³-hybridized carbons (Fsp3) is 0.350. The fourth-order valence-corrected chi connectivity index (χ4v) is 2.72. The van der Waals surface area contributed by atoms with Crippen molar-refractivity contribution in [1.82, 2.24) is 20.2 Å². The number of ether oxygens (including phenoxy) is 1. The van der Waals surface area contributed by atoms with E-state index in [1.165, 1.54) is 5.56 Å². The summed E-state index contributed by atoms with van der Waals surface area (Å²) in [6, 6.07) is 16.4. The number of nitrogens with zero attached hydrogens (tertiary/aromatic N) is 4. The molecule has 1 N–H and O–H groups in total. The Morgan fingerprint density at radius 2 is 2.00 bits per heavy atom. The summed E-state index contributed by atoms with van der Waals surface area (Å²) >= 11 is 0. The minimum atomic E-state index is 0.549. The Labute approximate surface area is 154 Å². The van der Waals surface area contributed by atoms with Gasteiger partial charge in [-0.25, -0.2) is 4.68 Å². The number of nitrogens with one attached hydrogen (secondary N) is 1. The Morgan fingerprint density at radius 1 is 1.12 bits per heavy atom. The number of hydrogen-bond acceptors (Lipinski definition) is 5. The first-order chi connectivity index (χ1) is 12.8. The van der Waals surface area contributed by atoms with Crippen LogP contribution in [0.3, 0.4) is 0 Å². The maximum Gasteiger partial charge on any atom is 0.243 e. The van der Waals surface area contributed by atoms with Gasteiger partial charge in [-0.3, -0.25) is 0 Å². The van der Waals surface area contributed by atoms with Crippen LogP contribution < -0.4 is 10.1 Å². The molecule has 136 valence electrons. The minimum Gasteiger partial charge on any atom is -0.489 e. The molecule has 0 spiro atoms. The van der Waals surface area contributed by atoms with Crippen LogP contribution in [0.1, 0.15) is 36.5 Å². The lowest BCUT2D eigenvalue weighted by atomic mass is 10.1. The second-order valence-corrected chi connectivity index (χ2v) is 6.32. The molecule has 1 heterocycles. The molecular weight excluding hydrogens is 326 g/mol. The van der Waals surface area contributed by atoms with Gasteiger partial charge in [0, 0.05) is 18.7 Å². The molecule has 0 atom stereocenters. The zero-order valence-corrected chi connectivity index (χ0v) is 15.4. The van der Waals surface area contributed by atoms with Gasteiger partial charge in [0.05, 0.1) is 0 Å². The predicted octanol–water partition coefficient (Wildman–Crippen LogP) is 3.97. The van der Waals surface area contributed by atoms with Crippen molar-refractivity contribution in [3.8, 4) is 5.75 Å². The second kappa shape index (κ2) is 8.99. The highest BCUT2D eigenvalue weighted by Crippen LogP contribution is 2.20. The van der Waals surface area contributed by atoms with E-state index in [-0.39, 0.29) is 0 Å². The van der Waals surface area contributed by atoms with Crippen molar-refractivity contribution in [1.29, 1.82) is 0 Å². The molecule has 0 unspecified atom stereocenters. The zero-order valence-electron chi connectivity index (χ0n) is 15.4. The predicted molar refractivity (Wildman–Crippen MR) is 102 cm³/mol. The minimum absolute atomic E-state index is 0.549. The fourth-order valence-electron chi connectivity index (χ4n) is 2.72. The molecule has 1 aromatic heterocycles. The first kappa shape index (κ1) is 17.9. The molecule has 0 aliphatic rings. The number of unbranched alkanes of at least 4 members (excludes halogenated alkanes) is 1. The molecule has 26 heavy (non-hydrogen) atoms. The summed E-state index contributed by atoms with van der Waals surface area (Å²) in [7, 11) is 0. The summed E-state index contributed by atoms with van der Waals surface area (Å²) in [5.74, 6) is 1.56. The maximum absolute atomic E-state index is 6.04. The summed E-state index contributed by atoms with van der Waals surface area (Å²) in [5, 5.41) is 15.2. The Hall–Kier alpha value is -2.89.